The standard InChI is InChI=1S/C4H9ClOS/c5-7(6)3-1-2-4-7/h7H,1-4H2. The summed E-state index contributed by atoms with van der Waals surface area (Å²) >= 11 is 0. The van der Waals surface area contributed by atoms with Crippen LogP contribution in [0.5, 0.6) is 0 Å². The first kappa shape index (κ1) is 5.57. The molecule has 0 aliphatic carbocycles. The van der Waals surface area contributed by atoms with Gasteiger partial charge in [-0.05, 0) is 32.7 Å². The number of thiol groups is 1. The van der Waals surface area contributed by atoms with Crippen LogP contribution in [0.15, 0.2) is 0 Å². The molecule has 7 heavy (non-hydrogen) atoms. The van der Waals surface area contributed by atoms with Gasteiger partial charge in [0.25, 0.3) is 0 Å². The van der Waals surface area contributed by atoms with Crippen molar-refractivity contribution in [2.24, 2.45) is 0 Å². The third-order valence-electron chi connectivity index (χ3n) is 1.23. The molecule has 1 fully saturated rings. The van der Waals surface area contributed by atoms with Crippen LogP contribution in [0, 0.1) is 0 Å². The van der Waals surface area contributed by atoms with Crippen LogP contribution in [0.1, 0.15) is 12.8 Å². The lowest BCUT2D eigenvalue weighted by atomic mass is 10.4. The van der Waals surface area contributed by atoms with Gasteiger partial charge < -0.3 is 0 Å². The van der Waals surface area contributed by atoms with Crippen LogP contribution >= 0.6 is 10.7 Å². The second kappa shape index (κ2) is 1.75. The molecule has 0 saturated carbocycles. The summed E-state index contributed by atoms with van der Waals surface area (Å²) in [5.41, 5.74) is 0. The zero-order valence-electron chi connectivity index (χ0n) is 4.06. The van der Waals surface area contributed by atoms with E-state index in [9.17, 15) is 4.21 Å². The minimum absolute atomic E-state index is 0.772. The van der Waals surface area contributed by atoms with Crippen LogP contribution in [-0.2, 0) is 9.15 Å². The second-order valence-corrected chi connectivity index (χ2v) is 6.27. The molecular weight excluding hydrogens is 132 g/mol. The van der Waals surface area contributed by atoms with Gasteiger partial charge in [-0.15, -0.1) is 0 Å². The highest BCUT2D eigenvalue weighted by molar-refractivity contribution is 8.23. The topological polar surface area (TPSA) is 17.1 Å². The Hall–Kier alpha value is 0.440. The molecule has 1 nitrogen and oxygen atoms in total. The Balaban J connectivity index is 2.57. The van der Waals surface area contributed by atoms with Gasteiger partial charge in [0, 0.05) is 11.5 Å². The first-order chi connectivity index (χ1) is 3.21. The molecule has 0 aromatic carbocycles. The molecule has 0 spiro atoms. The second-order valence-electron chi connectivity index (χ2n) is 1.94. The van der Waals surface area contributed by atoms with Gasteiger partial charge in [0.1, 0.15) is 0 Å². The summed E-state index contributed by atoms with van der Waals surface area (Å²) in [6.45, 7) is 0. The highest BCUT2D eigenvalue weighted by Crippen LogP contribution is 2.21. The molecule has 0 bridgehead atoms. The van der Waals surface area contributed by atoms with Crippen molar-refractivity contribution in [3.63, 3.8) is 0 Å². The van der Waals surface area contributed by atoms with E-state index >= 15 is 0 Å². The number of hydrogen-bond donors (Lipinski definition) is 1. The van der Waals surface area contributed by atoms with Gasteiger partial charge in [-0.2, -0.15) is 0 Å². The zero-order chi connectivity index (χ0) is 5.33. The van der Waals surface area contributed by atoms with Crippen molar-refractivity contribution in [2.45, 2.75) is 12.8 Å². The fourth-order valence-corrected chi connectivity index (χ4v) is 3.14. The fourth-order valence-electron chi connectivity index (χ4n) is 0.808. The van der Waals surface area contributed by atoms with Gasteiger partial charge in [0.15, 0.2) is 0 Å². The van der Waals surface area contributed by atoms with E-state index in [4.69, 9.17) is 10.7 Å². The molecule has 1 aliphatic heterocycles. The van der Waals surface area contributed by atoms with Crippen LogP contribution in [0.4, 0.5) is 0 Å². The lowest BCUT2D eigenvalue weighted by Gasteiger charge is -2.01. The van der Waals surface area contributed by atoms with E-state index in [0.29, 0.717) is 0 Å². The summed E-state index contributed by atoms with van der Waals surface area (Å²) in [6.07, 6.45) is 2.14. The summed E-state index contributed by atoms with van der Waals surface area (Å²) in [6, 6.07) is 0. The Morgan fingerprint density at radius 2 is 1.71 bits per heavy atom. The van der Waals surface area contributed by atoms with E-state index in [0.717, 1.165) is 24.3 Å². The van der Waals surface area contributed by atoms with Crippen molar-refractivity contribution in [2.75, 3.05) is 11.5 Å². The highest BCUT2D eigenvalue weighted by Gasteiger charge is 2.16. The maximum absolute atomic E-state index is 10.8. The molecular formula is C4H9ClOS. The molecule has 3 heteroatoms. The molecule has 0 unspecified atom stereocenters. The molecule has 0 aromatic rings. The Bertz CT molecular complexity index is 102. The monoisotopic (exact) mass is 140 g/mol. The van der Waals surface area contributed by atoms with Crippen molar-refractivity contribution in [1.82, 2.24) is 0 Å². The summed E-state index contributed by atoms with van der Waals surface area (Å²) in [5.74, 6) is 1.54. The zero-order valence-corrected chi connectivity index (χ0v) is 5.71. The minimum atomic E-state index is -2.07. The Morgan fingerprint density at radius 3 is 1.86 bits per heavy atom. The quantitative estimate of drug-likeness (QED) is 0.392. The molecule has 1 aliphatic rings. The maximum Gasteiger partial charge on any atom is 0.0136 e. The van der Waals surface area contributed by atoms with Crippen molar-refractivity contribution in [1.29, 1.82) is 0 Å². The Labute approximate surface area is 49.0 Å². The van der Waals surface area contributed by atoms with Crippen LogP contribution < -0.4 is 0 Å². The maximum atomic E-state index is 10.8. The van der Waals surface area contributed by atoms with Crippen molar-refractivity contribution < 1.29 is 4.21 Å². The predicted molar refractivity (Wildman–Crippen MR) is 34.4 cm³/mol. The van der Waals surface area contributed by atoms with Crippen molar-refractivity contribution in [3.8, 4) is 0 Å². The average molecular weight is 141 g/mol. The first-order valence-corrected chi connectivity index (χ1v) is 5.47. The molecule has 0 amide bonds. The predicted octanol–water partition coefficient (Wildman–Crippen LogP) is 0.951. The van der Waals surface area contributed by atoms with E-state index in [1.165, 1.54) is 0 Å². The molecule has 1 rings (SSSR count). The largest absolute Gasteiger partial charge is 0.271 e. The van der Waals surface area contributed by atoms with Crippen molar-refractivity contribution >= 4 is 19.8 Å². The van der Waals surface area contributed by atoms with E-state index in [1.54, 1.807) is 0 Å². The first-order valence-electron chi connectivity index (χ1n) is 2.48. The lowest BCUT2D eigenvalue weighted by Crippen LogP contribution is -2.01. The van der Waals surface area contributed by atoms with E-state index in [2.05, 4.69) is 0 Å². The molecule has 0 radical (unpaired) electrons. The third-order valence-corrected chi connectivity index (χ3v) is 4.22. The molecule has 1 saturated heterocycles. The lowest BCUT2D eigenvalue weighted by molar-refractivity contribution is 0.684. The number of halogens is 1. The normalized spacial score (nSPS) is 32.7. The summed E-state index contributed by atoms with van der Waals surface area (Å²) in [5, 5.41) is 0. The summed E-state index contributed by atoms with van der Waals surface area (Å²) in [4.78, 5) is 0. The summed E-state index contributed by atoms with van der Waals surface area (Å²) < 4.78 is 10.8. The van der Waals surface area contributed by atoms with E-state index in [-0.39, 0.29) is 0 Å². The smallest absolute Gasteiger partial charge is 0.0136 e. The van der Waals surface area contributed by atoms with Crippen LogP contribution in [0.3, 0.4) is 0 Å². The number of rotatable bonds is 0. The Kier molecular flexibility index (Phi) is 1.39. The van der Waals surface area contributed by atoms with Crippen molar-refractivity contribution in [3.05, 3.63) is 0 Å². The van der Waals surface area contributed by atoms with E-state index < -0.39 is 9.15 Å². The average Bonchev–Trinajstić information content (AvgIpc) is 1.84. The molecule has 1 heterocycles. The SMILES string of the molecule is O=[SH]1(Cl)CCCC1. The third kappa shape index (κ3) is 1.42. The molecule has 0 atom stereocenters. The highest BCUT2D eigenvalue weighted by atomic mass is 35.7. The minimum Gasteiger partial charge on any atom is -0.271 e. The van der Waals surface area contributed by atoms with Gasteiger partial charge in [0.2, 0.25) is 0 Å². The van der Waals surface area contributed by atoms with Crippen LogP contribution in [0.25, 0.3) is 0 Å². The van der Waals surface area contributed by atoms with Crippen LogP contribution in [0.2, 0.25) is 0 Å². The van der Waals surface area contributed by atoms with Gasteiger partial charge in [-0.1, -0.05) is 0 Å². The van der Waals surface area contributed by atoms with Gasteiger partial charge in [-0.3, -0.25) is 4.21 Å². The van der Waals surface area contributed by atoms with Gasteiger partial charge in [0.05, 0.1) is 0 Å². The Morgan fingerprint density at radius 1 is 1.29 bits per heavy atom. The molecule has 44 valence electrons. The molecule has 0 aromatic heterocycles. The number of hydrogen-bond acceptors (Lipinski definition) is 1. The van der Waals surface area contributed by atoms with Gasteiger partial charge >= 0.3 is 0 Å². The van der Waals surface area contributed by atoms with Crippen LogP contribution in [-0.4, -0.2) is 15.7 Å². The van der Waals surface area contributed by atoms with Gasteiger partial charge in [-0.25, -0.2) is 0 Å². The molecule has 0 N–H and O–H groups in total. The fraction of sp³-hybridized carbons (Fsp3) is 1.00. The van der Waals surface area contributed by atoms with E-state index in [1.807, 2.05) is 0 Å². The summed E-state index contributed by atoms with van der Waals surface area (Å²) in [7, 11) is 3.45.